The molecule has 0 radical (unpaired) electrons. The molecule has 0 saturated carbocycles. The Hall–Kier alpha value is -2.50. The van der Waals surface area contributed by atoms with Gasteiger partial charge in [0, 0.05) is 32.6 Å². The second kappa shape index (κ2) is 8.74. The van der Waals surface area contributed by atoms with Crippen molar-refractivity contribution in [3.05, 3.63) is 53.7 Å². The number of anilines is 1. The number of carbonyl (C=O) groups is 1. The molecule has 1 aliphatic heterocycles. The molecule has 1 aromatic heterocycles. The first-order chi connectivity index (χ1) is 12.7. The zero-order chi connectivity index (χ0) is 18.4. The molecule has 3 rings (SSSR count). The van der Waals surface area contributed by atoms with Crippen LogP contribution in [0.15, 0.2) is 36.7 Å². The molecule has 0 N–H and O–H groups in total. The van der Waals surface area contributed by atoms with Gasteiger partial charge in [0.1, 0.15) is 6.33 Å². The first kappa shape index (κ1) is 18.3. The molecule has 6 heteroatoms. The quantitative estimate of drug-likeness (QED) is 0.827. The van der Waals surface area contributed by atoms with Crippen LogP contribution in [-0.2, 0) is 17.6 Å². The highest BCUT2D eigenvalue weighted by Gasteiger charge is 2.22. The maximum atomic E-state index is 14.5. The van der Waals surface area contributed by atoms with E-state index in [2.05, 4.69) is 9.97 Å². The number of benzene rings is 1. The lowest BCUT2D eigenvalue weighted by Gasteiger charge is -2.23. The number of amides is 1. The van der Waals surface area contributed by atoms with Gasteiger partial charge in [0.25, 0.3) is 0 Å². The van der Waals surface area contributed by atoms with E-state index in [0.29, 0.717) is 50.5 Å². The highest BCUT2D eigenvalue weighted by molar-refractivity contribution is 5.76. The molecule has 0 aliphatic carbocycles. The summed E-state index contributed by atoms with van der Waals surface area (Å²) in [6.07, 6.45) is 4.03. The number of carbonyl (C=O) groups excluding carboxylic acids is 1. The molecule has 0 bridgehead atoms. The van der Waals surface area contributed by atoms with Crippen LogP contribution in [0.25, 0.3) is 0 Å². The van der Waals surface area contributed by atoms with Crippen LogP contribution in [-0.4, -0.2) is 47.0 Å². The van der Waals surface area contributed by atoms with Crippen LogP contribution in [0.3, 0.4) is 0 Å². The summed E-state index contributed by atoms with van der Waals surface area (Å²) in [5.74, 6) is 0.183. The number of aryl methyl sites for hydroxylation is 2. The third-order valence-corrected chi connectivity index (χ3v) is 4.80. The maximum Gasteiger partial charge on any atom is 0.222 e. The second-order valence-corrected chi connectivity index (χ2v) is 6.52. The maximum absolute atomic E-state index is 14.5. The van der Waals surface area contributed by atoms with Gasteiger partial charge < -0.3 is 9.80 Å². The van der Waals surface area contributed by atoms with Crippen molar-refractivity contribution in [1.29, 1.82) is 0 Å². The van der Waals surface area contributed by atoms with Crippen LogP contribution in [0.2, 0.25) is 0 Å². The first-order valence-corrected chi connectivity index (χ1v) is 9.25. The third-order valence-electron chi connectivity index (χ3n) is 4.80. The van der Waals surface area contributed by atoms with E-state index in [9.17, 15) is 9.18 Å². The molecule has 26 heavy (non-hydrogen) atoms. The highest BCUT2D eigenvalue weighted by atomic mass is 19.1. The van der Waals surface area contributed by atoms with Crippen molar-refractivity contribution in [2.75, 3.05) is 31.1 Å². The molecule has 2 aromatic rings. The zero-order valence-corrected chi connectivity index (χ0v) is 15.2. The van der Waals surface area contributed by atoms with Gasteiger partial charge in [-0.15, -0.1) is 0 Å². The van der Waals surface area contributed by atoms with Crippen LogP contribution in [0.4, 0.5) is 10.2 Å². The number of rotatable bonds is 5. The second-order valence-electron chi connectivity index (χ2n) is 6.52. The summed E-state index contributed by atoms with van der Waals surface area (Å²) >= 11 is 0. The Kier molecular flexibility index (Phi) is 6.15. The Labute approximate surface area is 153 Å². The van der Waals surface area contributed by atoms with E-state index in [4.69, 9.17) is 0 Å². The molecule has 138 valence electrons. The molecular formula is C20H25FN4O. The van der Waals surface area contributed by atoms with Gasteiger partial charge in [0.15, 0.2) is 11.6 Å². The Morgan fingerprint density at radius 2 is 1.92 bits per heavy atom. The molecular weight excluding hydrogens is 331 g/mol. The van der Waals surface area contributed by atoms with E-state index in [1.165, 1.54) is 11.9 Å². The third kappa shape index (κ3) is 4.36. The summed E-state index contributed by atoms with van der Waals surface area (Å²) in [5, 5.41) is 0. The van der Waals surface area contributed by atoms with Crippen LogP contribution in [0.1, 0.15) is 31.0 Å². The molecule has 0 spiro atoms. The Bertz CT molecular complexity index is 738. The van der Waals surface area contributed by atoms with Crippen LogP contribution < -0.4 is 4.90 Å². The van der Waals surface area contributed by atoms with Crippen molar-refractivity contribution in [1.82, 2.24) is 14.9 Å². The summed E-state index contributed by atoms with van der Waals surface area (Å²) in [6.45, 7) is 4.47. The summed E-state index contributed by atoms with van der Waals surface area (Å²) in [4.78, 5) is 24.5. The minimum absolute atomic E-state index is 0.160. The summed E-state index contributed by atoms with van der Waals surface area (Å²) < 4.78 is 14.5. The molecule has 1 fully saturated rings. The fraction of sp³-hybridized carbons (Fsp3) is 0.450. The van der Waals surface area contributed by atoms with Gasteiger partial charge >= 0.3 is 0 Å². The number of hydrogen-bond donors (Lipinski definition) is 0. The minimum atomic E-state index is -0.334. The van der Waals surface area contributed by atoms with Crippen molar-refractivity contribution in [2.24, 2.45) is 0 Å². The van der Waals surface area contributed by atoms with Crippen LogP contribution >= 0.6 is 0 Å². The lowest BCUT2D eigenvalue weighted by molar-refractivity contribution is -0.130. The zero-order valence-electron chi connectivity index (χ0n) is 15.2. The van der Waals surface area contributed by atoms with Crippen LogP contribution in [0, 0.1) is 5.82 Å². The van der Waals surface area contributed by atoms with Gasteiger partial charge in [0.2, 0.25) is 5.91 Å². The largest absolute Gasteiger partial charge is 0.352 e. The van der Waals surface area contributed by atoms with Gasteiger partial charge in [-0.2, -0.15) is 0 Å². The number of halogens is 1. The van der Waals surface area contributed by atoms with Crippen molar-refractivity contribution in [3.8, 4) is 0 Å². The number of nitrogens with zero attached hydrogens (tertiary/aromatic N) is 4. The molecule has 0 atom stereocenters. The SMILES string of the molecule is CCc1ncnc(N2CCCN(C(=O)CCc3ccccc3)CC2)c1F. The van der Waals surface area contributed by atoms with Crippen molar-refractivity contribution < 1.29 is 9.18 Å². The predicted octanol–water partition coefficient (Wildman–Crippen LogP) is 2.85. The molecule has 1 saturated heterocycles. The molecule has 5 nitrogen and oxygen atoms in total. The lowest BCUT2D eigenvalue weighted by atomic mass is 10.1. The standard InChI is InChI=1S/C20H25FN4O/c1-2-17-19(21)20(23-15-22-17)25-12-6-11-24(13-14-25)18(26)10-9-16-7-4-3-5-8-16/h3-5,7-8,15H,2,6,9-14H2,1H3. The fourth-order valence-electron chi connectivity index (χ4n) is 3.30. The lowest BCUT2D eigenvalue weighted by Crippen LogP contribution is -2.35. The van der Waals surface area contributed by atoms with Gasteiger partial charge in [-0.1, -0.05) is 37.3 Å². The van der Waals surface area contributed by atoms with E-state index >= 15 is 0 Å². The Morgan fingerprint density at radius 1 is 1.12 bits per heavy atom. The molecule has 2 heterocycles. The van der Waals surface area contributed by atoms with Crippen molar-refractivity contribution >= 4 is 11.7 Å². The highest BCUT2D eigenvalue weighted by Crippen LogP contribution is 2.20. The fourth-order valence-corrected chi connectivity index (χ4v) is 3.30. The van der Waals surface area contributed by atoms with Gasteiger partial charge in [-0.05, 0) is 24.8 Å². The van der Waals surface area contributed by atoms with Crippen molar-refractivity contribution in [2.45, 2.75) is 32.6 Å². The predicted molar refractivity (Wildman–Crippen MR) is 99.5 cm³/mol. The average Bonchev–Trinajstić information content (AvgIpc) is 2.93. The van der Waals surface area contributed by atoms with Crippen molar-refractivity contribution in [3.63, 3.8) is 0 Å². The topological polar surface area (TPSA) is 49.3 Å². The van der Waals surface area contributed by atoms with E-state index in [1.807, 2.05) is 47.1 Å². The summed E-state index contributed by atoms with van der Waals surface area (Å²) in [5.41, 5.74) is 1.61. The molecule has 1 amide bonds. The number of hydrogen-bond acceptors (Lipinski definition) is 4. The number of aromatic nitrogens is 2. The Balaban J connectivity index is 1.59. The monoisotopic (exact) mass is 356 g/mol. The normalized spacial score (nSPS) is 15.0. The van der Waals surface area contributed by atoms with E-state index in [1.54, 1.807) is 0 Å². The minimum Gasteiger partial charge on any atom is -0.352 e. The Morgan fingerprint density at radius 3 is 2.69 bits per heavy atom. The van der Waals surface area contributed by atoms with E-state index in [-0.39, 0.29) is 11.7 Å². The van der Waals surface area contributed by atoms with Gasteiger partial charge in [0.05, 0.1) is 5.69 Å². The van der Waals surface area contributed by atoms with E-state index in [0.717, 1.165) is 12.8 Å². The average molecular weight is 356 g/mol. The molecule has 1 aliphatic rings. The first-order valence-electron chi connectivity index (χ1n) is 9.25. The van der Waals surface area contributed by atoms with Crippen LogP contribution in [0.5, 0.6) is 0 Å². The smallest absolute Gasteiger partial charge is 0.222 e. The van der Waals surface area contributed by atoms with Gasteiger partial charge in [-0.25, -0.2) is 14.4 Å². The molecule has 1 aromatic carbocycles. The van der Waals surface area contributed by atoms with E-state index < -0.39 is 0 Å². The summed E-state index contributed by atoms with van der Waals surface area (Å²) in [6, 6.07) is 10.0. The molecule has 0 unspecified atom stereocenters. The van der Waals surface area contributed by atoms with Gasteiger partial charge in [-0.3, -0.25) is 4.79 Å². The summed E-state index contributed by atoms with van der Waals surface area (Å²) in [7, 11) is 0.